The zero-order valence-corrected chi connectivity index (χ0v) is 12.1. The van der Waals surface area contributed by atoms with Gasteiger partial charge < -0.3 is 0 Å². The number of rotatable bonds is 4. The molecule has 1 heterocycles. The number of ketones is 1. The minimum absolute atomic E-state index is 0.206. The second kappa shape index (κ2) is 6.60. The van der Waals surface area contributed by atoms with E-state index in [1.165, 1.54) is 11.5 Å². The van der Waals surface area contributed by atoms with E-state index in [1.807, 2.05) is 11.8 Å². The lowest BCUT2D eigenvalue weighted by Gasteiger charge is -2.32. The SMILES string of the molecule is CC1CSCCN1CCC(=O)c1ccc(Cl)cc1. The molecule has 2 nitrogen and oxygen atoms in total. The second-order valence-electron chi connectivity index (χ2n) is 4.64. The van der Waals surface area contributed by atoms with Crippen LogP contribution in [0.4, 0.5) is 0 Å². The quantitative estimate of drug-likeness (QED) is 0.791. The first-order valence-corrected chi connectivity index (χ1v) is 7.80. The summed E-state index contributed by atoms with van der Waals surface area (Å²) < 4.78 is 0. The summed E-state index contributed by atoms with van der Waals surface area (Å²) in [7, 11) is 0. The molecule has 4 heteroatoms. The molecule has 0 N–H and O–H groups in total. The Morgan fingerprint density at radius 2 is 2.17 bits per heavy atom. The Morgan fingerprint density at radius 1 is 1.44 bits per heavy atom. The van der Waals surface area contributed by atoms with Gasteiger partial charge >= 0.3 is 0 Å². The normalized spacial score (nSPS) is 20.9. The van der Waals surface area contributed by atoms with Crippen LogP contribution >= 0.6 is 23.4 Å². The zero-order valence-electron chi connectivity index (χ0n) is 10.6. The van der Waals surface area contributed by atoms with Gasteiger partial charge in [0.25, 0.3) is 0 Å². The molecule has 1 aliphatic heterocycles. The third kappa shape index (κ3) is 3.74. The van der Waals surface area contributed by atoms with Crippen LogP contribution in [-0.4, -0.2) is 41.3 Å². The van der Waals surface area contributed by atoms with Crippen LogP contribution in [-0.2, 0) is 0 Å². The van der Waals surface area contributed by atoms with E-state index < -0.39 is 0 Å². The molecule has 1 aromatic carbocycles. The van der Waals surface area contributed by atoms with Crippen molar-refractivity contribution < 1.29 is 4.79 Å². The molecule has 2 rings (SSSR count). The number of Topliss-reactive ketones (excluding diaryl/α,β-unsaturated/α-hetero) is 1. The van der Waals surface area contributed by atoms with Gasteiger partial charge in [0.05, 0.1) is 0 Å². The zero-order chi connectivity index (χ0) is 13.0. The highest BCUT2D eigenvalue weighted by atomic mass is 35.5. The van der Waals surface area contributed by atoms with Crippen LogP contribution in [0.25, 0.3) is 0 Å². The molecule has 0 aromatic heterocycles. The third-order valence-corrected chi connectivity index (χ3v) is 4.74. The summed E-state index contributed by atoms with van der Waals surface area (Å²) in [6.07, 6.45) is 0.594. The van der Waals surface area contributed by atoms with E-state index in [0.717, 1.165) is 18.7 Å². The molecular formula is C14H18ClNOS. The lowest BCUT2D eigenvalue weighted by atomic mass is 10.1. The highest BCUT2D eigenvalue weighted by Crippen LogP contribution is 2.17. The smallest absolute Gasteiger partial charge is 0.164 e. The van der Waals surface area contributed by atoms with Crippen molar-refractivity contribution in [2.45, 2.75) is 19.4 Å². The molecule has 1 aromatic rings. The fourth-order valence-electron chi connectivity index (χ4n) is 2.12. The lowest BCUT2D eigenvalue weighted by Crippen LogP contribution is -2.41. The molecule has 0 amide bonds. The van der Waals surface area contributed by atoms with Crippen LogP contribution < -0.4 is 0 Å². The monoisotopic (exact) mass is 283 g/mol. The maximum Gasteiger partial charge on any atom is 0.164 e. The van der Waals surface area contributed by atoms with E-state index in [1.54, 1.807) is 24.3 Å². The Hall–Kier alpha value is -0.510. The summed E-state index contributed by atoms with van der Waals surface area (Å²) in [5.74, 6) is 2.56. The van der Waals surface area contributed by atoms with Gasteiger partial charge in [-0.25, -0.2) is 0 Å². The Labute approximate surface area is 118 Å². The molecule has 1 aliphatic rings. The van der Waals surface area contributed by atoms with Gasteiger partial charge in [0.2, 0.25) is 0 Å². The summed E-state index contributed by atoms with van der Waals surface area (Å²) in [6, 6.07) is 7.74. The fourth-order valence-corrected chi connectivity index (χ4v) is 3.33. The molecule has 0 bridgehead atoms. The second-order valence-corrected chi connectivity index (χ2v) is 6.23. The van der Waals surface area contributed by atoms with Gasteiger partial charge in [-0.3, -0.25) is 9.69 Å². The summed E-state index contributed by atoms with van der Waals surface area (Å²) in [5.41, 5.74) is 0.762. The molecule has 0 spiro atoms. The number of hydrogen-bond acceptors (Lipinski definition) is 3. The summed E-state index contributed by atoms with van der Waals surface area (Å²) in [6.45, 7) is 4.20. The minimum atomic E-state index is 0.206. The topological polar surface area (TPSA) is 20.3 Å². The first-order valence-electron chi connectivity index (χ1n) is 6.27. The Bertz CT molecular complexity index is 407. The summed E-state index contributed by atoms with van der Waals surface area (Å²) in [4.78, 5) is 14.4. The molecule has 0 aliphatic carbocycles. The van der Waals surface area contributed by atoms with Crippen LogP contribution in [0.1, 0.15) is 23.7 Å². The van der Waals surface area contributed by atoms with E-state index in [2.05, 4.69) is 11.8 Å². The van der Waals surface area contributed by atoms with Crippen LogP contribution in [0.3, 0.4) is 0 Å². The average Bonchev–Trinajstić information content (AvgIpc) is 2.38. The van der Waals surface area contributed by atoms with E-state index in [9.17, 15) is 4.79 Å². The van der Waals surface area contributed by atoms with Crippen LogP contribution in [0.15, 0.2) is 24.3 Å². The van der Waals surface area contributed by atoms with Crippen molar-refractivity contribution in [2.75, 3.05) is 24.6 Å². The third-order valence-electron chi connectivity index (χ3n) is 3.30. The number of halogens is 1. The van der Waals surface area contributed by atoms with Crippen molar-refractivity contribution in [3.8, 4) is 0 Å². The van der Waals surface area contributed by atoms with E-state index in [-0.39, 0.29) is 5.78 Å². The van der Waals surface area contributed by atoms with Crippen LogP contribution in [0.2, 0.25) is 5.02 Å². The van der Waals surface area contributed by atoms with Crippen molar-refractivity contribution in [1.29, 1.82) is 0 Å². The Kier molecular flexibility index (Phi) is 5.10. The van der Waals surface area contributed by atoms with Crippen molar-refractivity contribution in [3.63, 3.8) is 0 Å². The van der Waals surface area contributed by atoms with Gasteiger partial charge in [-0.2, -0.15) is 11.8 Å². The fraction of sp³-hybridized carbons (Fsp3) is 0.500. The molecule has 98 valence electrons. The Morgan fingerprint density at radius 3 is 2.83 bits per heavy atom. The van der Waals surface area contributed by atoms with Crippen molar-refractivity contribution in [3.05, 3.63) is 34.9 Å². The van der Waals surface area contributed by atoms with E-state index in [4.69, 9.17) is 11.6 Å². The highest BCUT2D eigenvalue weighted by molar-refractivity contribution is 7.99. The highest BCUT2D eigenvalue weighted by Gasteiger charge is 2.19. The molecule has 1 unspecified atom stereocenters. The van der Waals surface area contributed by atoms with Crippen LogP contribution in [0.5, 0.6) is 0 Å². The van der Waals surface area contributed by atoms with Gasteiger partial charge in [0.15, 0.2) is 5.78 Å². The first kappa shape index (κ1) is 13.9. The molecular weight excluding hydrogens is 266 g/mol. The van der Waals surface area contributed by atoms with Gasteiger partial charge in [-0.15, -0.1) is 0 Å². The van der Waals surface area contributed by atoms with Crippen molar-refractivity contribution >= 4 is 29.1 Å². The minimum Gasteiger partial charge on any atom is -0.299 e. The van der Waals surface area contributed by atoms with Crippen molar-refractivity contribution in [2.24, 2.45) is 0 Å². The number of thioether (sulfide) groups is 1. The number of carbonyl (C=O) groups is 1. The average molecular weight is 284 g/mol. The largest absolute Gasteiger partial charge is 0.299 e. The van der Waals surface area contributed by atoms with Crippen LogP contribution in [0, 0.1) is 0 Å². The predicted molar refractivity (Wildman–Crippen MR) is 78.8 cm³/mol. The molecule has 0 radical (unpaired) electrons. The predicted octanol–water partition coefficient (Wildman–Crippen LogP) is 3.35. The Balaban J connectivity index is 1.86. The molecule has 1 fully saturated rings. The molecule has 1 saturated heterocycles. The molecule has 18 heavy (non-hydrogen) atoms. The van der Waals surface area contributed by atoms with Gasteiger partial charge in [-0.1, -0.05) is 11.6 Å². The summed E-state index contributed by atoms with van der Waals surface area (Å²) in [5, 5.41) is 0.674. The maximum atomic E-state index is 12.0. The molecule has 1 atom stereocenters. The maximum absolute atomic E-state index is 12.0. The van der Waals surface area contributed by atoms with E-state index in [0.29, 0.717) is 17.5 Å². The molecule has 0 saturated carbocycles. The van der Waals surface area contributed by atoms with E-state index >= 15 is 0 Å². The number of benzene rings is 1. The number of nitrogens with zero attached hydrogens (tertiary/aromatic N) is 1. The number of hydrogen-bond donors (Lipinski definition) is 0. The first-order chi connectivity index (χ1) is 8.66. The lowest BCUT2D eigenvalue weighted by molar-refractivity contribution is 0.0957. The standard InChI is InChI=1S/C14H18ClNOS/c1-11-10-18-9-8-16(11)7-6-14(17)12-2-4-13(15)5-3-12/h2-5,11H,6-10H2,1H3. The number of carbonyl (C=O) groups excluding carboxylic acids is 1. The van der Waals surface area contributed by atoms with Gasteiger partial charge in [-0.05, 0) is 31.2 Å². The van der Waals surface area contributed by atoms with Crippen molar-refractivity contribution in [1.82, 2.24) is 4.90 Å². The summed E-state index contributed by atoms with van der Waals surface area (Å²) >= 11 is 7.81. The van der Waals surface area contributed by atoms with Gasteiger partial charge in [0, 0.05) is 47.6 Å². The van der Waals surface area contributed by atoms with Gasteiger partial charge in [0.1, 0.15) is 0 Å².